The van der Waals surface area contributed by atoms with Crippen LogP contribution in [0.2, 0.25) is 0 Å². The van der Waals surface area contributed by atoms with Crippen molar-refractivity contribution in [2.24, 2.45) is 0 Å². The van der Waals surface area contributed by atoms with Crippen LogP contribution in [0.15, 0.2) is 85.0 Å². The highest BCUT2D eigenvalue weighted by molar-refractivity contribution is 7.40. The van der Waals surface area contributed by atoms with Crippen LogP contribution >= 0.6 is 0 Å². The first-order valence-corrected chi connectivity index (χ1v) is 9.44. The van der Waals surface area contributed by atoms with Crippen molar-refractivity contribution in [3.05, 3.63) is 85.0 Å². The van der Waals surface area contributed by atoms with Gasteiger partial charge >= 0.3 is 0 Å². The quantitative estimate of drug-likeness (QED) is 0.606. The molecule has 23 heavy (non-hydrogen) atoms. The highest BCUT2D eigenvalue weighted by Gasteiger charge is 2.52. The molecule has 0 fully saturated rings. The Balaban J connectivity index is 2.90. The van der Waals surface area contributed by atoms with Gasteiger partial charge in [0.2, 0.25) is 0 Å². The van der Waals surface area contributed by atoms with Crippen LogP contribution in [0.4, 0.5) is 0 Å². The van der Waals surface area contributed by atoms with Crippen molar-refractivity contribution < 1.29 is 9.59 Å². The molecule has 0 aliphatic carbocycles. The van der Waals surface area contributed by atoms with Crippen LogP contribution < -0.4 is 10.4 Å². The second-order valence-electron chi connectivity index (χ2n) is 5.70. The summed E-state index contributed by atoms with van der Waals surface area (Å²) in [6.07, 6.45) is 0. The fourth-order valence-corrected chi connectivity index (χ4v) is 7.06. The third-order valence-corrected chi connectivity index (χ3v) is 8.48. The predicted octanol–water partition coefficient (Wildman–Crippen LogP) is 2.62. The Bertz CT molecular complexity index is 693. The molecule has 2 rings (SSSR count). The SMILES string of the molecule is C=C(C)C(=O)[Si](C(=O)C(=C)C)(c1ccccc1)c1ccccc1. The van der Waals surface area contributed by atoms with Gasteiger partial charge in [0.05, 0.1) is 0 Å². The molecule has 0 unspecified atom stereocenters. The first kappa shape index (κ1) is 16.8. The molecular formula is C20H20O2Si. The summed E-state index contributed by atoms with van der Waals surface area (Å²) in [5.41, 5.74) is 0.804. The molecule has 2 aromatic rings. The topological polar surface area (TPSA) is 34.1 Å². The van der Waals surface area contributed by atoms with Crippen molar-refractivity contribution >= 4 is 29.3 Å². The van der Waals surface area contributed by atoms with E-state index >= 15 is 0 Å². The number of hydrogen-bond acceptors (Lipinski definition) is 2. The number of carbonyl (C=O) groups is 2. The van der Waals surface area contributed by atoms with Crippen LogP contribution in [-0.4, -0.2) is 18.9 Å². The summed E-state index contributed by atoms with van der Waals surface area (Å²) in [6.45, 7) is 11.0. The normalized spacial score (nSPS) is 10.9. The Morgan fingerprint density at radius 3 is 1.26 bits per heavy atom. The largest absolute Gasteiger partial charge is 0.299 e. The summed E-state index contributed by atoms with van der Waals surface area (Å²) in [5, 5.41) is 1.21. The highest BCUT2D eigenvalue weighted by Crippen LogP contribution is 2.16. The van der Waals surface area contributed by atoms with E-state index < -0.39 is 8.07 Å². The van der Waals surface area contributed by atoms with E-state index in [4.69, 9.17) is 0 Å². The molecule has 0 amide bonds. The smallest absolute Gasteiger partial charge is 0.278 e. The molecule has 116 valence electrons. The van der Waals surface area contributed by atoms with Crippen LogP contribution in [-0.2, 0) is 9.59 Å². The number of allylic oxidation sites excluding steroid dienone is 2. The zero-order valence-corrected chi connectivity index (χ0v) is 14.5. The van der Waals surface area contributed by atoms with Crippen molar-refractivity contribution in [2.45, 2.75) is 13.8 Å². The lowest BCUT2D eigenvalue weighted by atomic mass is 10.3. The van der Waals surface area contributed by atoms with E-state index in [0.29, 0.717) is 11.1 Å². The van der Waals surface area contributed by atoms with Gasteiger partial charge in [-0.2, -0.15) is 0 Å². The van der Waals surface area contributed by atoms with Crippen LogP contribution in [0.3, 0.4) is 0 Å². The molecule has 0 spiro atoms. The average Bonchev–Trinajstić information content (AvgIpc) is 2.57. The molecule has 0 atom stereocenters. The maximum absolute atomic E-state index is 13.2. The molecule has 0 aliphatic heterocycles. The molecule has 0 saturated heterocycles. The summed E-state index contributed by atoms with van der Waals surface area (Å²) in [7, 11) is -3.36. The zero-order chi connectivity index (χ0) is 17.0. The molecule has 0 aliphatic rings. The minimum absolute atomic E-state index is 0.164. The Morgan fingerprint density at radius 2 is 1.00 bits per heavy atom. The van der Waals surface area contributed by atoms with Crippen molar-refractivity contribution in [1.82, 2.24) is 0 Å². The van der Waals surface area contributed by atoms with Gasteiger partial charge in [-0.05, 0) is 35.4 Å². The van der Waals surface area contributed by atoms with Gasteiger partial charge in [-0.25, -0.2) is 0 Å². The van der Waals surface area contributed by atoms with E-state index in [1.54, 1.807) is 13.8 Å². The van der Waals surface area contributed by atoms with Crippen LogP contribution in [0, 0.1) is 0 Å². The third-order valence-electron chi connectivity index (χ3n) is 3.87. The molecule has 0 bridgehead atoms. The van der Waals surface area contributed by atoms with Gasteiger partial charge in [0, 0.05) is 0 Å². The van der Waals surface area contributed by atoms with Crippen molar-refractivity contribution in [1.29, 1.82) is 0 Å². The van der Waals surface area contributed by atoms with E-state index in [0.717, 1.165) is 10.4 Å². The van der Waals surface area contributed by atoms with Gasteiger partial charge in [0.25, 0.3) is 8.07 Å². The first-order chi connectivity index (χ1) is 10.9. The molecular weight excluding hydrogens is 300 g/mol. The molecule has 0 saturated carbocycles. The second kappa shape index (κ2) is 6.71. The lowest BCUT2D eigenvalue weighted by Crippen LogP contribution is -2.70. The summed E-state index contributed by atoms with van der Waals surface area (Å²) < 4.78 is 0. The maximum atomic E-state index is 13.2. The molecule has 0 heterocycles. The molecule has 3 heteroatoms. The summed E-state index contributed by atoms with van der Waals surface area (Å²) in [5.74, 6) is 0. The van der Waals surface area contributed by atoms with E-state index in [1.165, 1.54) is 0 Å². The van der Waals surface area contributed by atoms with Crippen molar-refractivity contribution in [2.75, 3.05) is 0 Å². The molecule has 2 nitrogen and oxygen atoms in total. The van der Waals surface area contributed by atoms with Gasteiger partial charge in [-0.3, -0.25) is 9.59 Å². The van der Waals surface area contributed by atoms with E-state index in [2.05, 4.69) is 13.2 Å². The van der Waals surface area contributed by atoms with Gasteiger partial charge < -0.3 is 0 Å². The molecule has 2 aromatic carbocycles. The van der Waals surface area contributed by atoms with E-state index in [1.807, 2.05) is 60.7 Å². The molecule has 0 N–H and O–H groups in total. The predicted molar refractivity (Wildman–Crippen MR) is 97.5 cm³/mol. The standard InChI is InChI=1S/C20H20O2Si/c1-15(2)19(21)23(20(22)16(3)4,17-11-7-5-8-12-17)18-13-9-6-10-14-18/h5-14H,1,3H2,2,4H3. The fraction of sp³-hybridized carbons (Fsp3) is 0.100. The van der Waals surface area contributed by atoms with Gasteiger partial charge in [-0.15, -0.1) is 0 Å². The van der Waals surface area contributed by atoms with Crippen molar-refractivity contribution in [3.8, 4) is 0 Å². The Labute approximate surface area is 138 Å². The maximum Gasteiger partial charge on any atom is 0.278 e. The van der Waals surface area contributed by atoms with Gasteiger partial charge in [0.1, 0.15) is 0 Å². The van der Waals surface area contributed by atoms with Crippen LogP contribution in [0.25, 0.3) is 0 Å². The fourth-order valence-electron chi connectivity index (χ4n) is 2.81. The molecule has 0 aromatic heterocycles. The Kier molecular flexibility index (Phi) is 4.91. The minimum Gasteiger partial charge on any atom is -0.299 e. The third kappa shape index (κ3) is 2.88. The summed E-state index contributed by atoms with van der Waals surface area (Å²) in [4.78, 5) is 26.4. The van der Waals surface area contributed by atoms with Crippen LogP contribution in [0.5, 0.6) is 0 Å². The highest BCUT2D eigenvalue weighted by atomic mass is 28.3. The Hall–Kier alpha value is -2.52. The average molecular weight is 320 g/mol. The number of rotatable bonds is 6. The minimum atomic E-state index is -3.36. The first-order valence-electron chi connectivity index (χ1n) is 7.44. The van der Waals surface area contributed by atoms with Crippen molar-refractivity contribution in [3.63, 3.8) is 0 Å². The Morgan fingerprint density at radius 1 is 0.696 bits per heavy atom. The van der Waals surface area contributed by atoms with Crippen LogP contribution in [0.1, 0.15) is 13.8 Å². The number of benzene rings is 2. The summed E-state index contributed by atoms with van der Waals surface area (Å²) >= 11 is 0. The second-order valence-corrected chi connectivity index (χ2v) is 9.26. The lowest BCUT2D eigenvalue weighted by Gasteiger charge is -2.30. The lowest BCUT2D eigenvalue weighted by molar-refractivity contribution is -0.112. The molecule has 0 radical (unpaired) electrons. The number of hydrogen-bond donors (Lipinski definition) is 0. The van der Waals surface area contributed by atoms with Gasteiger partial charge in [-0.1, -0.05) is 73.8 Å². The van der Waals surface area contributed by atoms with E-state index in [9.17, 15) is 9.59 Å². The van der Waals surface area contributed by atoms with E-state index in [-0.39, 0.29) is 10.8 Å². The van der Waals surface area contributed by atoms with Gasteiger partial charge in [0.15, 0.2) is 10.8 Å². The zero-order valence-electron chi connectivity index (χ0n) is 13.5. The summed E-state index contributed by atoms with van der Waals surface area (Å²) in [6, 6.07) is 18.6. The monoisotopic (exact) mass is 320 g/mol. The number of carbonyl (C=O) groups excluding carboxylic acids is 2.